The Bertz CT molecular complexity index is 1850. The van der Waals surface area contributed by atoms with E-state index in [2.05, 4.69) is 21.4 Å². The molecule has 7 rings (SSSR count). The van der Waals surface area contributed by atoms with Gasteiger partial charge in [0, 0.05) is 49.4 Å². The Morgan fingerprint density at radius 1 is 0.704 bits per heavy atom. The van der Waals surface area contributed by atoms with Gasteiger partial charge in [-0.2, -0.15) is 0 Å². The van der Waals surface area contributed by atoms with E-state index in [0.29, 0.717) is 25.8 Å². The third-order valence-electron chi connectivity index (χ3n) is 10.5. The maximum atomic E-state index is 13.1. The summed E-state index contributed by atoms with van der Waals surface area (Å²) in [5.41, 5.74) is 15.3. The number of carbonyl (C=O) groups is 5. The van der Waals surface area contributed by atoms with Crippen LogP contribution in [0.3, 0.4) is 0 Å². The number of nitrogens with two attached hydrogens (primary N) is 1. The molecule has 3 aromatic carbocycles. The molecule has 4 amide bonds. The molecule has 2 aliphatic heterocycles. The summed E-state index contributed by atoms with van der Waals surface area (Å²) in [7, 11) is 2.65. The molecular weight excluding hydrogens is 710 g/mol. The average molecular weight is 760 g/mol. The van der Waals surface area contributed by atoms with Crippen molar-refractivity contribution in [3.05, 3.63) is 88.0 Å². The van der Waals surface area contributed by atoms with Crippen molar-refractivity contribution < 1.29 is 33.4 Å². The lowest BCUT2D eigenvalue weighted by Crippen LogP contribution is -2.45. The molecule has 288 valence electrons. The monoisotopic (exact) mass is 759 g/mol. The molecule has 0 bridgehead atoms. The number of esters is 2. The van der Waals surface area contributed by atoms with Crippen molar-refractivity contribution in [3.8, 4) is 0 Å². The van der Waals surface area contributed by atoms with Crippen molar-refractivity contribution in [2.24, 2.45) is 5.73 Å². The number of ether oxygens (including phenoxy) is 2. The zero-order chi connectivity index (χ0) is 37.5. The van der Waals surface area contributed by atoms with E-state index < -0.39 is 30.1 Å². The van der Waals surface area contributed by atoms with E-state index in [0.717, 1.165) is 86.1 Å². The van der Waals surface area contributed by atoms with Crippen LogP contribution in [0.15, 0.2) is 54.6 Å². The number of rotatable bonds is 10. The maximum Gasteiger partial charge on any atom is 0.328 e. The number of benzene rings is 3. The lowest BCUT2D eigenvalue weighted by Gasteiger charge is -2.21. The van der Waals surface area contributed by atoms with Crippen molar-refractivity contribution >= 4 is 59.3 Å². The van der Waals surface area contributed by atoms with Crippen LogP contribution in [0.2, 0.25) is 0 Å². The van der Waals surface area contributed by atoms with Gasteiger partial charge in [0.2, 0.25) is 11.8 Å². The van der Waals surface area contributed by atoms with Crippen molar-refractivity contribution in [1.29, 1.82) is 0 Å². The molecular formula is C41H50ClN5O7. The van der Waals surface area contributed by atoms with Gasteiger partial charge in [-0.1, -0.05) is 30.3 Å². The van der Waals surface area contributed by atoms with Gasteiger partial charge in [0.15, 0.2) is 0 Å². The SMILES string of the molecule is COC(=O)[C@@H](Cc1cccc(N2CCCC2=O)c1)NC(=O)Nc1c2c(cc3c1CCC3)CCC2.COC(=O)[C@H](N)Cc1cccc(N2CCCC2=O)c1.Cl. The van der Waals surface area contributed by atoms with Crippen LogP contribution in [0.25, 0.3) is 0 Å². The minimum absolute atomic E-state index is 0. The molecule has 2 saturated heterocycles. The number of nitrogens with zero attached hydrogens (tertiary/aromatic N) is 2. The van der Waals surface area contributed by atoms with Crippen LogP contribution in [0.5, 0.6) is 0 Å². The van der Waals surface area contributed by atoms with Gasteiger partial charge in [-0.05, 0) is 115 Å². The van der Waals surface area contributed by atoms with E-state index >= 15 is 0 Å². The first-order valence-electron chi connectivity index (χ1n) is 18.6. The number of hydrogen-bond donors (Lipinski definition) is 3. The van der Waals surface area contributed by atoms with E-state index in [1.54, 1.807) is 9.80 Å². The number of aryl methyl sites for hydroxylation is 2. The average Bonchev–Trinajstić information content (AvgIpc) is 3.99. The van der Waals surface area contributed by atoms with Crippen LogP contribution in [0.1, 0.15) is 71.9 Å². The third kappa shape index (κ3) is 9.40. The van der Waals surface area contributed by atoms with E-state index in [-0.39, 0.29) is 30.6 Å². The first-order valence-corrected chi connectivity index (χ1v) is 18.6. The Labute approximate surface area is 322 Å². The highest BCUT2D eigenvalue weighted by atomic mass is 35.5. The molecule has 2 heterocycles. The van der Waals surface area contributed by atoms with Crippen molar-refractivity contribution in [2.45, 2.75) is 89.1 Å². The predicted molar refractivity (Wildman–Crippen MR) is 209 cm³/mol. The number of hydrogen-bond acceptors (Lipinski definition) is 8. The van der Waals surface area contributed by atoms with Crippen molar-refractivity contribution in [1.82, 2.24) is 5.32 Å². The van der Waals surface area contributed by atoms with Gasteiger partial charge in [0.25, 0.3) is 0 Å². The zero-order valence-electron chi connectivity index (χ0n) is 31.0. The summed E-state index contributed by atoms with van der Waals surface area (Å²) in [4.78, 5) is 64.3. The number of methoxy groups -OCH3 is 2. The van der Waals surface area contributed by atoms with Crippen molar-refractivity contribution in [2.75, 3.05) is 42.4 Å². The molecule has 0 aromatic heterocycles. The van der Waals surface area contributed by atoms with Gasteiger partial charge < -0.3 is 35.6 Å². The summed E-state index contributed by atoms with van der Waals surface area (Å²) in [6.45, 7) is 1.46. The van der Waals surface area contributed by atoms with Crippen LogP contribution in [0.4, 0.5) is 21.9 Å². The largest absolute Gasteiger partial charge is 0.468 e. The fourth-order valence-electron chi connectivity index (χ4n) is 7.88. The lowest BCUT2D eigenvalue weighted by atomic mass is 9.99. The normalized spacial score (nSPS) is 16.7. The fourth-order valence-corrected chi connectivity index (χ4v) is 7.88. The third-order valence-corrected chi connectivity index (χ3v) is 10.5. The number of nitrogens with one attached hydrogen (secondary N) is 2. The second-order valence-electron chi connectivity index (χ2n) is 14.1. The molecule has 13 heteroatoms. The van der Waals surface area contributed by atoms with Gasteiger partial charge in [-0.3, -0.25) is 14.4 Å². The van der Waals surface area contributed by atoms with Crippen molar-refractivity contribution in [3.63, 3.8) is 0 Å². The van der Waals surface area contributed by atoms with E-state index in [1.807, 2.05) is 48.5 Å². The smallest absolute Gasteiger partial charge is 0.328 e. The molecule has 0 spiro atoms. The summed E-state index contributed by atoms with van der Waals surface area (Å²) in [5, 5.41) is 5.93. The number of urea groups is 1. The summed E-state index contributed by atoms with van der Waals surface area (Å²) in [6.07, 6.45) is 9.86. The molecule has 2 fully saturated rings. The number of anilines is 3. The molecule has 4 N–H and O–H groups in total. The number of amides is 4. The van der Waals surface area contributed by atoms with E-state index in [9.17, 15) is 24.0 Å². The van der Waals surface area contributed by atoms with Gasteiger partial charge in [0.05, 0.1) is 14.2 Å². The quantitative estimate of drug-likeness (QED) is 0.244. The highest BCUT2D eigenvalue weighted by Crippen LogP contribution is 2.38. The molecule has 0 unspecified atom stereocenters. The summed E-state index contributed by atoms with van der Waals surface area (Å²) < 4.78 is 9.59. The Balaban J connectivity index is 0.000000239. The Hall–Kier alpha value is -4.94. The van der Waals surface area contributed by atoms with Gasteiger partial charge >= 0.3 is 18.0 Å². The van der Waals surface area contributed by atoms with Crippen LogP contribution in [-0.2, 0) is 67.2 Å². The Morgan fingerprint density at radius 2 is 1.22 bits per heavy atom. The molecule has 2 aliphatic carbocycles. The van der Waals surface area contributed by atoms with Gasteiger partial charge in [0.1, 0.15) is 12.1 Å². The molecule has 12 nitrogen and oxygen atoms in total. The predicted octanol–water partition coefficient (Wildman–Crippen LogP) is 4.97. The van der Waals surface area contributed by atoms with Crippen LogP contribution >= 0.6 is 12.4 Å². The van der Waals surface area contributed by atoms with E-state index in [1.165, 1.54) is 36.5 Å². The summed E-state index contributed by atoms with van der Waals surface area (Å²) in [6, 6.07) is 15.6. The van der Waals surface area contributed by atoms with Gasteiger partial charge in [-0.25, -0.2) is 9.59 Å². The highest BCUT2D eigenvalue weighted by Gasteiger charge is 2.28. The Morgan fingerprint density at radius 3 is 1.70 bits per heavy atom. The first-order chi connectivity index (χ1) is 25.6. The molecule has 0 radical (unpaired) electrons. The second kappa shape index (κ2) is 18.4. The molecule has 4 aliphatic rings. The maximum absolute atomic E-state index is 13.1. The summed E-state index contributed by atoms with van der Waals surface area (Å²) in [5.74, 6) is -0.666. The van der Waals surface area contributed by atoms with Crippen LogP contribution in [0, 0.1) is 0 Å². The van der Waals surface area contributed by atoms with Crippen LogP contribution < -0.4 is 26.2 Å². The lowest BCUT2D eigenvalue weighted by molar-refractivity contribution is -0.143. The highest BCUT2D eigenvalue weighted by molar-refractivity contribution is 5.97. The second-order valence-corrected chi connectivity index (χ2v) is 14.1. The topological polar surface area (TPSA) is 160 Å². The fraction of sp³-hybridized carbons (Fsp3) is 0.439. The molecule has 54 heavy (non-hydrogen) atoms. The number of carbonyl (C=O) groups excluding carboxylic acids is 5. The minimum Gasteiger partial charge on any atom is -0.468 e. The van der Waals surface area contributed by atoms with Gasteiger partial charge in [-0.15, -0.1) is 12.4 Å². The molecule has 0 saturated carbocycles. The van der Waals surface area contributed by atoms with E-state index in [4.69, 9.17) is 10.5 Å². The zero-order valence-corrected chi connectivity index (χ0v) is 31.8. The standard InChI is InChI=1S/C27H31N3O4.C14H18N2O3.ClH/c1-34-26(32)23(15-17-6-2-9-20(14-17)30-13-5-12-24(30)31)28-27(33)29-25-21-10-3-7-18(21)16-19-8-4-11-22(19)25;1-19-14(18)12(15)9-10-4-2-5-11(8-10)16-7-3-6-13(16)17;/h2,6,9,14,16,23H,3-5,7-8,10-13,15H2,1H3,(H2,28,29,33);2,4-5,8,12H,3,6-7,9,15H2,1H3;1H/t23-;12-;/m11./s1. The molecule has 3 aromatic rings. The number of halogens is 1. The first kappa shape index (κ1) is 40.2. The van der Waals surface area contributed by atoms with Crippen LogP contribution in [-0.4, -0.2) is 69.2 Å². The minimum atomic E-state index is -0.834. The molecule has 2 atom stereocenters. The number of fused-ring (bicyclic) bond motifs is 2. The Kier molecular flexibility index (Phi) is 13.7. The summed E-state index contributed by atoms with van der Waals surface area (Å²) >= 11 is 0.